The number of hydrogen-bond donors (Lipinski definition) is 2. The lowest BCUT2D eigenvalue weighted by Gasteiger charge is -2.34. The van der Waals surface area contributed by atoms with Crippen LogP contribution in [0.25, 0.3) is 0 Å². The molecule has 0 atom stereocenters. The number of nitrogens with one attached hydrogen (secondary N) is 2. The van der Waals surface area contributed by atoms with Crippen LogP contribution in [0.2, 0.25) is 0 Å². The highest BCUT2D eigenvalue weighted by atomic mass is 16.6. The topological polar surface area (TPSA) is 93.5 Å². The lowest BCUT2D eigenvalue weighted by atomic mass is 9.91. The van der Waals surface area contributed by atoms with Gasteiger partial charge in [-0.05, 0) is 50.8 Å². The summed E-state index contributed by atoms with van der Waals surface area (Å²) in [4.78, 5) is 22.6. The number of aryl methyl sites for hydroxylation is 1. The van der Waals surface area contributed by atoms with E-state index in [4.69, 9.17) is 4.74 Å². The Morgan fingerprint density at radius 3 is 2.54 bits per heavy atom. The van der Waals surface area contributed by atoms with Crippen molar-refractivity contribution in [2.24, 2.45) is 0 Å². The minimum absolute atomic E-state index is 0.0261. The van der Waals surface area contributed by atoms with E-state index in [1.165, 1.54) is 12.1 Å². The number of nitro benzene ring substituents is 1. The van der Waals surface area contributed by atoms with Gasteiger partial charge in [0.1, 0.15) is 5.60 Å². The summed E-state index contributed by atoms with van der Waals surface area (Å²) in [5.41, 5.74) is 0.486. The Morgan fingerprint density at radius 2 is 1.96 bits per heavy atom. The zero-order valence-corrected chi connectivity index (χ0v) is 14.0. The number of ether oxygens (including phenoxy) is 1. The zero-order chi connectivity index (χ0) is 17.4. The molecule has 1 aromatic rings. The number of rotatable bonds is 8. The third-order valence-electron chi connectivity index (χ3n) is 4.54. The molecule has 0 aliphatic carbocycles. The lowest BCUT2D eigenvalue weighted by Crippen LogP contribution is -2.54. The van der Waals surface area contributed by atoms with Gasteiger partial charge in [0.15, 0.2) is 0 Å². The molecule has 132 valence electrons. The van der Waals surface area contributed by atoms with Crippen LogP contribution in [-0.2, 0) is 16.0 Å². The fourth-order valence-corrected chi connectivity index (χ4v) is 2.96. The van der Waals surface area contributed by atoms with E-state index in [0.717, 1.165) is 37.9 Å². The molecule has 1 amide bonds. The van der Waals surface area contributed by atoms with Crippen LogP contribution in [0.5, 0.6) is 0 Å². The first-order chi connectivity index (χ1) is 11.6. The number of benzene rings is 1. The number of nitrogens with zero attached hydrogens (tertiary/aromatic N) is 1. The first-order valence-electron chi connectivity index (χ1n) is 8.35. The van der Waals surface area contributed by atoms with E-state index in [0.29, 0.717) is 19.4 Å². The van der Waals surface area contributed by atoms with Gasteiger partial charge in [-0.2, -0.15) is 0 Å². The normalized spacial score (nSPS) is 16.5. The molecule has 1 aliphatic heterocycles. The second-order valence-corrected chi connectivity index (χ2v) is 6.08. The molecule has 7 nitrogen and oxygen atoms in total. The van der Waals surface area contributed by atoms with Gasteiger partial charge in [0, 0.05) is 25.8 Å². The predicted molar refractivity (Wildman–Crippen MR) is 90.9 cm³/mol. The van der Waals surface area contributed by atoms with Crippen LogP contribution in [0.3, 0.4) is 0 Å². The number of nitro groups is 1. The van der Waals surface area contributed by atoms with E-state index >= 15 is 0 Å². The van der Waals surface area contributed by atoms with E-state index < -0.39 is 10.5 Å². The standard InChI is InChI=1S/C17H25N3O4/c1-24-17(9-12-18-13-10-17)16(21)19-11-3-2-4-14-5-7-15(8-6-14)20(22)23/h5-8,18H,2-4,9-13H2,1H3,(H,19,21). The van der Waals surface area contributed by atoms with Crippen molar-refractivity contribution in [2.75, 3.05) is 26.7 Å². The monoisotopic (exact) mass is 335 g/mol. The number of carbonyl (C=O) groups excluding carboxylic acids is 1. The zero-order valence-electron chi connectivity index (χ0n) is 14.0. The SMILES string of the molecule is COC1(C(=O)NCCCCc2ccc([N+](=O)[O-])cc2)CCNCC1. The van der Waals surface area contributed by atoms with E-state index in [-0.39, 0.29) is 11.6 Å². The number of piperidine rings is 1. The van der Waals surface area contributed by atoms with Gasteiger partial charge >= 0.3 is 0 Å². The van der Waals surface area contributed by atoms with Crippen LogP contribution in [0.1, 0.15) is 31.2 Å². The van der Waals surface area contributed by atoms with E-state index in [2.05, 4.69) is 10.6 Å². The van der Waals surface area contributed by atoms with Crippen molar-refractivity contribution in [3.05, 3.63) is 39.9 Å². The Bertz CT molecular complexity index is 553. The van der Waals surface area contributed by atoms with Gasteiger partial charge in [-0.3, -0.25) is 14.9 Å². The van der Waals surface area contributed by atoms with Crippen LogP contribution in [0, 0.1) is 10.1 Å². The summed E-state index contributed by atoms with van der Waals surface area (Å²) in [6.07, 6.45) is 4.00. The van der Waals surface area contributed by atoms with Crippen LogP contribution in [-0.4, -0.2) is 43.2 Å². The Morgan fingerprint density at radius 1 is 1.29 bits per heavy atom. The lowest BCUT2D eigenvalue weighted by molar-refractivity contribution is -0.384. The smallest absolute Gasteiger partial charge is 0.269 e. The van der Waals surface area contributed by atoms with E-state index in [1.54, 1.807) is 19.2 Å². The molecule has 24 heavy (non-hydrogen) atoms. The van der Waals surface area contributed by atoms with Crippen LogP contribution in [0.4, 0.5) is 5.69 Å². The van der Waals surface area contributed by atoms with Gasteiger partial charge < -0.3 is 15.4 Å². The maximum atomic E-state index is 12.4. The summed E-state index contributed by atoms with van der Waals surface area (Å²) in [5, 5.41) is 16.8. The molecule has 1 saturated heterocycles. The molecule has 0 saturated carbocycles. The molecular formula is C17H25N3O4. The van der Waals surface area contributed by atoms with E-state index in [9.17, 15) is 14.9 Å². The van der Waals surface area contributed by atoms with Gasteiger partial charge in [0.05, 0.1) is 4.92 Å². The average Bonchev–Trinajstić information content (AvgIpc) is 2.62. The molecule has 1 heterocycles. The second kappa shape index (κ2) is 8.75. The van der Waals surface area contributed by atoms with Crippen LogP contribution >= 0.6 is 0 Å². The molecule has 1 aliphatic rings. The largest absolute Gasteiger partial charge is 0.368 e. The Kier molecular flexibility index (Phi) is 6.69. The maximum absolute atomic E-state index is 12.4. The quantitative estimate of drug-likeness (QED) is 0.429. The summed E-state index contributed by atoms with van der Waals surface area (Å²) in [6.45, 7) is 2.20. The maximum Gasteiger partial charge on any atom is 0.269 e. The summed E-state index contributed by atoms with van der Waals surface area (Å²) in [5.74, 6) is -0.0261. The molecule has 1 fully saturated rings. The Labute approximate surface area is 141 Å². The molecular weight excluding hydrogens is 310 g/mol. The molecule has 0 aromatic heterocycles. The van der Waals surface area contributed by atoms with Crippen molar-refractivity contribution in [3.63, 3.8) is 0 Å². The minimum Gasteiger partial charge on any atom is -0.368 e. The molecule has 1 aromatic carbocycles. The fourth-order valence-electron chi connectivity index (χ4n) is 2.96. The van der Waals surface area contributed by atoms with Crippen molar-refractivity contribution in [2.45, 2.75) is 37.7 Å². The van der Waals surface area contributed by atoms with Crippen molar-refractivity contribution >= 4 is 11.6 Å². The van der Waals surface area contributed by atoms with Gasteiger partial charge in [-0.25, -0.2) is 0 Å². The van der Waals surface area contributed by atoms with Gasteiger partial charge in [0.2, 0.25) is 0 Å². The molecule has 7 heteroatoms. The van der Waals surface area contributed by atoms with Crippen LogP contribution < -0.4 is 10.6 Å². The number of carbonyl (C=O) groups is 1. The Hall–Kier alpha value is -1.99. The first kappa shape index (κ1) is 18.4. The third-order valence-corrected chi connectivity index (χ3v) is 4.54. The third kappa shape index (κ3) is 4.75. The summed E-state index contributed by atoms with van der Waals surface area (Å²) < 4.78 is 5.49. The van der Waals surface area contributed by atoms with Crippen molar-refractivity contribution < 1.29 is 14.5 Å². The molecule has 0 unspecified atom stereocenters. The minimum atomic E-state index is -0.691. The number of amides is 1. The summed E-state index contributed by atoms with van der Waals surface area (Å²) in [7, 11) is 1.60. The average molecular weight is 335 g/mol. The highest BCUT2D eigenvalue weighted by molar-refractivity contribution is 5.85. The number of unbranched alkanes of at least 4 members (excludes halogenated alkanes) is 1. The molecule has 2 rings (SSSR count). The number of hydrogen-bond acceptors (Lipinski definition) is 5. The van der Waals surface area contributed by atoms with Gasteiger partial charge in [-0.15, -0.1) is 0 Å². The highest BCUT2D eigenvalue weighted by Gasteiger charge is 2.39. The van der Waals surface area contributed by atoms with Gasteiger partial charge in [0.25, 0.3) is 11.6 Å². The predicted octanol–water partition coefficient (Wildman–Crippen LogP) is 1.80. The fraction of sp³-hybridized carbons (Fsp3) is 0.588. The van der Waals surface area contributed by atoms with Gasteiger partial charge in [-0.1, -0.05) is 12.1 Å². The highest BCUT2D eigenvalue weighted by Crippen LogP contribution is 2.22. The molecule has 0 radical (unpaired) electrons. The number of methoxy groups -OCH3 is 1. The molecule has 0 spiro atoms. The van der Waals surface area contributed by atoms with Crippen molar-refractivity contribution in [1.29, 1.82) is 0 Å². The Balaban J connectivity index is 1.69. The van der Waals surface area contributed by atoms with Crippen molar-refractivity contribution in [3.8, 4) is 0 Å². The summed E-state index contributed by atoms with van der Waals surface area (Å²) in [6, 6.07) is 6.62. The molecule has 2 N–H and O–H groups in total. The van der Waals surface area contributed by atoms with E-state index in [1.807, 2.05) is 0 Å². The summed E-state index contributed by atoms with van der Waals surface area (Å²) >= 11 is 0. The second-order valence-electron chi connectivity index (χ2n) is 6.08. The number of non-ortho nitro benzene ring substituents is 1. The molecule has 0 bridgehead atoms. The van der Waals surface area contributed by atoms with Crippen LogP contribution in [0.15, 0.2) is 24.3 Å². The first-order valence-corrected chi connectivity index (χ1v) is 8.35. The van der Waals surface area contributed by atoms with Crippen molar-refractivity contribution in [1.82, 2.24) is 10.6 Å².